The number of benzene rings is 2. The number of anilines is 1. The lowest BCUT2D eigenvalue weighted by Gasteiger charge is -2.13. The first-order chi connectivity index (χ1) is 10.0. The molecular weight excluding hydrogens is 496 g/mol. The Morgan fingerprint density at radius 2 is 1.86 bits per heavy atom. The molecule has 0 atom stereocenters. The van der Waals surface area contributed by atoms with Crippen molar-refractivity contribution in [3.63, 3.8) is 0 Å². The summed E-state index contributed by atoms with van der Waals surface area (Å²) in [5.74, 6) is 2.02. The van der Waals surface area contributed by atoms with Crippen molar-refractivity contribution in [1.29, 1.82) is 0 Å². The Kier molecular flexibility index (Phi) is 5.68. The number of carbonyl (C=O) groups excluding carboxylic acids is 1. The van der Waals surface area contributed by atoms with Crippen LogP contribution in [0.2, 0.25) is 0 Å². The van der Waals surface area contributed by atoms with E-state index < -0.39 is 0 Å². The molecule has 0 saturated heterocycles. The highest BCUT2D eigenvalue weighted by atomic mass is 127. The van der Waals surface area contributed by atoms with E-state index in [2.05, 4.69) is 45.2 Å². The van der Waals surface area contributed by atoms with E-state index in [0.29, 0.717) is 23.6 Å². The Labute approximate surface area is 150 Å². The summed E-state index contributed by atoms with van der Waals surface area (Å²) in [5.41, 5.74) is 7.38. The van der Waals surface area contributed by atoms with E-state index >= 15 is 0 Å². The molecule has 4 nitrogen and oxygen atoms in total. The molecule has 0 aromatic heterocycles. The molecule has 0 bridgehead atoms. The summed E-state index contributed by atoms with van der Waals surface area (Å²) in [4.78, 5) is 10.6. The summed E-state index contributed by atoms with van der Waals surface area (Å²) in [6.07, 6.45) is 1.30. The molecular formula is C15H13I2NO3. The predicted molar refractivity (Wildman–Crippen MR) is 99.1 cm³/mol. The van der Waals surface area contributed by atoms with Crippen molar-refractivity contribution in [2.45, 2.75) is 6.42 Å². The highest BCUT2D eigenvalue weighted by Gasteiger charge is 2.11. The van der Waals surface area contributed by atoms with Crippen molar-refractivity contribution in [3.05, 3.63) is 43.0 Å². The molecule has 0 amide bonds. The van der Waals surface area contributed by atoms with Gasteiger partial charge in [0.05, 0.1) is 19.9 Å². The SMILES string of the molecule is COc1ccc(Oc2c(I)cc(CC=O)cc2I)cc1N. The Bertz CT molecular complexity index is 651. The minimum absolute atomic E-state index is 0.405. The van der Waals surface area contributed by atoms with Crippen molar-refractivity contribution in [3.8, 4) is 17.2 Å². The van der Waals surface area contributed by atoms with Crippen LogP contribution in [0, 0.1) is 7.14 Å². The highest BCUT2D eigenvalue weighted by Crippen LogP contribution is 2.35. The fourth-order valence-electron chi connectivity index (χ4n) is 1.82. The first-order valence-corrected chi connectivity index (χ1v) is 8.23. The molecule has 0 saturated carbocycles. The first-order valence-electron chi connectivity index (χ1n) is 6.08. The number of methoxy groups -OCH3 is 1. The standard InChI is InChI=1S/C15H13I2NO3/c1-20-14-3-2-10(8-13(14)18)21-15-11(16)6-9(4-5-19)7-12(15)17/h2-3,5-8H,4,18H2,1H3. The number of rotatable bonds is 5. The van der Waals surface area contributed by atoms with Gasteiger partial charge in [0.2, 0.25) is 0 Å². The van der Waals surface area contributed by atoms with Crippen molar-refractivity contribution in [2.75, 3.05) is 12.8 Å². The third-order valence-corrected chi connectivity index (χ3v) is 4.40. The van der Waals surface area contributed by atoms with E-state index in [1.165, 1.54) is 0 Å². The van der Waals surface area contributed by atoms with Gasteiger partial charge in [-0.2, -0.15) is 0 Å². The molecule has 0 unspecified atom stereocenters. The van der Waals surface area contributed by atoms with Crippen LogP contribution < -0.4 is 15.2 Å². The summed E-state index contributed by atoms with van der Waals surface area (Å²) in [6, 6.07) is 9.19. The fraction of sp³-hybridized carbons (Fsp3) is 0.133. The van der Waals surface area contributed by atoms with Crippen LogP contribution in [-0.4, -0.2) is 13.4 Å². The Hall–Kier alpha value is -1.03. The van der Waals surface area contributed by atoms with Gasteiger partial charge in [-0.1, -0.05) is 0 Å². The summed E-state index contributed by atoms with van der Waals surface area (Å²) in [6.45, 7) is 0. The van der Waals surface area contributed by atoms with Crippen molar-refractivity contribution in [2.24, 2.45) is 0 Å². The predicted octanol–water partition coefficient (Wildman–Crippen LogP) is 4.02. The molecule has 2 N–H and O–H groups in total. The normalized spacial score (nSPS) is 10.2. The minimum atomic E-state index is 0.405. The average molecular weight is 509 g/mol. The number of halogens is 2. The molecule has 2 rings (SSSR count). The van der Waals surface area contributed by atoms with Gasteiger partial charge >= 0.3 is 0 Å². The zero-order valence-corrected chi connectivity index (χ0v) is 15.5. The molecule has 0 heterocycles. The molecule has 2 aromatic rings. The second kappa shape index (κ2) is 7.30. The molecule has 0 aliphatic rings. The molecule has 0 fully saturated rings. The summed E-state index contributed by atoms with van der Waals surface area (Å²) in [5, 5.41) is 0. The highest BCUT2D eigenvalue weighted by molar-refractivity contribution is 14.1. The van der Waals surface area contributed by atoms with Gasteiger partial charge in [0.25, 0.3) is 0 Å². The minimum Gasteiger partial charge on any atom is -0.495 e. The van der Waals surface area contributed by atoms with Gasteiger partial charge in [0.15, 0.2) is 5.75 Å². The second-order valence-corrected chi connectivity index (χ2v) is 6.59. The molecule has 0 radical (unpaired) electrons. The van der Waals surface area contributed by atoms with E-state index in [1.54, 1.807) is 25.3 Å². The van der Waals surface area contributed by atoms with E-state index in [1.807, 2.05) is 12.1 Å². The summed E-state index contributed by atoms with van der Waals surface area (Å²) < 4.78 is 12.9. The van der Waals surface area contributed by atoms with E-state index in [0.717, 1.165) is 24.7 Å². The number of hydrogen-bond donors (Lipinski definition) is 1. The Morgan fingerprint density at radius 1 is 1.19 bits per heavy atom. The van der Waals surface area contributed by atoms with Crippen LogP contribution in [0.25, 0.3) is 0 Å². The van der Waals surface area contributed by atoms with Crippen LogP contribution >= 0.6 is 45.2 Å². The maximum atomic E-state index is 10.6. The quantitative estimate of drug-likeness (QED) is 0.376. The topological polar surface area (TPSA) is 61.5 Å². The Morgan fingerprint density at radius 3 is 2.38 bits per heavy atom. The van der Waals surface area contributed by atoms with Gasteiger partial charge < -0.3 is 20.0 Å². The number of nitrogens with two attached hydrogens (primary N) is 1. The van der Waals surface area contributed by atoms with Crippen LogP contribution in [0.15, 0.2) is 30.3 Å². The van der Waals surface area contributed by atoms with Crippen LogP contribution in [-0.2, 0) is 11.2 Å². The lowest BCUT2D eigenvalue weighted by Crippen LogP contribution is -1.97. The molecule has 21 heavy (non-hydrogen) atoms. The molecule has 0 aliphatic carbocycles. The van der Waals surface area contributed by atoms with Gasteiger partial charge in [0, 0.05) is 12.5 Å². The first kappa shape index (κ1) is 16.3. The fourth-order valence-corrected chi connectivity index (χ4v) is 3.94. The molecule has 2 aromatic carbocycles. The lowest BCUT2D eigenvalue weighted by molar-refractivity contribution is -0.107. The van der Waals surface area contributed by atoms with Gasteiger partial charge in [-0.05, 0) is 75.0 Å². The van der Waals surface area contributed by atoms with Gasteiger partial charge in [-0.25, -0.2) is 0 Å². The molecule has 0 aliphatic heterocycles. The maximum absolute atomic E-state index is 10.6. The summed E-state index contributed by atoms with van der Waals surface area (Å²) >= 11 is 4.40. The van der Waals surface area contributed by atoms with Gasteiger partial charge in [-0.15, -0.1) is 0 Å². The van der Waals surface area contributed by atoms with Crippen LogP contribution in [0.3, 0.4) is 0 Å². The van der Waals surface area contributed by atoms with Crippen LogP contribution in [0.1, 0.15) is 5.56 Å². The van der Waals surface area contributed by atoms with E-state index in [4.69, 9.17) is 15.2 Å². The van der Waals surface area contributed by atoms with E-state index in [-0.39, 0.29) is 0 Å². The van der Waals surface area contributed by atoms with Crippen molar-refractivity contribution in [1.82, 2.24) is 0 Å². The lowest BCUT2D eigenvalue weighted by atomic mass is 10.1. The van der Waals surface area contributed by atoms with Crippen LogP contribution in [0.4, 0.5) is 5.69 Å². The van der Waals surface area contributed by atoms with E-state index in [9.17, 15) is 4.79 Å². The zero-order chi connectivity index (χ0) is 15.4. The maximum Gasteiger partial charge on any atom is 0.154 e. The Balaban J connectivity index is 2.31. The van der Waals surface area contributed by atoms with Crippen molar-refractivity contribution >= 4 is 57.2 Å². The second-order valence-electron chi connectivity index (χ2n) is 4.27. The van der Waals surface area contributed by atoms with Gasteiger partial charge in [-0.3, -0.25) is 0 Å². The number of aldehydes is 1. The number of nitrogen functional groups attached to an aromatic ring is 1. The third kappa shape index (κ3) is 4.00. The molecule has 6 heteroatoms. The number of hydrogen-bond acceptors (Lipinski definition) is 4. The molecule has 0 spiro atoms. The van der Waals surface area contributed by atoms with Crippen molar-refractivity contribution < 1.29 is 14.3 Å². The zero-order valence-electron chi connectivity index (χ0n) is 11.2. The largest absolute Gasteiger partial charge is 0.495 e. The average Bonchev–Trinajstić information content (AvgIpc) is 2.43. The smallest absolute Gasteiger partial charge is 0.154 e. The summed E-state index contributed by atoms with van der Waals surface area (Å²) in [7, 11) is 1.57. The molecule has 110 valence electrons. The third-order valence-electron chi connectivity index (χ3n) is 2.80. The van der Waals surface area contributed by atoms with Gasteiger partial charge in [0.1, 0.15) is 17.8 Å². The van der Waals surface area contributed by atoms with Crippen LogP contribution in [0.5, 0.6) is 17.2 Å². The number of carbonyl (C=O) groups is 1. The monoisotopic (exact) mass is 509 g/mol. The number of ether oxygens (including phenoxy) is 2.